The Bertz CT molecular complexity index is 849. The summed E-state index contributed by atoms with van der Waals surface area (Å²) in [7, 11) is 0. The third-order valence-corrected chi connectivity index (χ3v) is 6.77. The van der Waals surface area contributed by atoms with Crippen LogP contribution in [0.15, 0.2) is 15.9 Å². The van der Waals surface area contributed by atoms with Crippen molar-refractivity contribution in [1.29, 1.82) is 0 Å². The van der Waals surface area contributed by atoms with Crippen LogP contribution in [0.1, 0.15) is 40.8 Å². The summed E-state index contributed by atoms with van der Waals surface area (Å²) in [4.78, 5) is 11.7. The van der Waals surface area contributed by atoms with Gasteiger partial charge in [-0.1, -0.05) is 12.1 Å². The number of thioether (sulfide) groups is 1. The maximum absolute atomic E-state index is 5.26. The number of thiophene rings is 1. The SMILES string of the molecule is Cc1noc(C)c1CSc1ncnc2sc3c(c12)CC[C@@H](C)C3. The van der Waals surface area contributed by atoms with E-state index in [-0.39, 0.29) is 0 Å². The molecule has 0 fully saturated rings. The van der Waals surface area contributed by atoms with Crippen molar-refractivity contribution in [2.45, 2.75) is 50.8 Å². The van der Waals surface area contributed by atoms with E-state index in [0.717, 1.165) is 39.4 Å². The van der Waals surface area contributed by atoms with Crippen molar-refractivity contribution in [2.24, 2.45) is 5.92 Å². The minimum absolute atomic E-state index is 0.780. The standard InChI is InChI=1S/C17H19N3OS2/c1-9-4-5-12-14(6-9)23-17-15(12)16(18-8-19-17)22-7-13-10(2)20-21-11(13)3/h8-9H,4-7H2,1-3H3/t9-/m1/s1. The summed E-state index contributed by atoms with van der Waals surface area (Å²) in [6.07, 6.45) is 5.30. The Morgan fingerprint density at radius 1 is 1.35 bits per heavy atom. The van der Waals surface area contributed by atoms with Crippen LogP contribution in [0.25, 0.3) is 10.2 Å². The lowest BCUT2D eigenvalue weighted by molar-refractivity contribution is 0.392. The maximum atomic E-state index is 5.26. The molecule has 1 atom stereocenters. The van der Waals surface area contributed by atoms with Gasteiger partial charge >= 0.3 is 0 Å². The predicted octanol–water partition coefficient (Wildman–Crippen LogP) is 4.71. The highest BCUT2D eigenvalue weighted by Crippen LogP contribution is 2.41. The van der Waals surface area contributed by atoms with Crippen LogP contribution in [0.4, 0.5) is 0 Å². The van der Waals surface area contributed by atoms with Crippen LogP contribution in [-0.4, -0.2) is 15.1 Å². The normalized spacial score (nSPS) is 17.6. The molecule has 0 aromatic carbocycles. The predicted molar refractivity (Wildman–Crippen MR) is 94.1 cm³/mol. The summed E-state index contributed by atoms with van der Waals surface area (Å²) in [6.45, 7) is 6.31. The van der Waals surface area contributed by atoms with Crippen molar-refractivity contribution in [1.82, 2.24) is 15.1 Å². The molecule has 4 nitrogen and oxygen atoms in total. The summed E-state index contributed by atoms with van der Waals surface area (Å²) >= 11 is 3.62. The first-order valence-electron chi connectivity index (χ1n) is 7.93. The summed E-state index contributed by atoms with van der Waals surface area (Å²) in [5.74, 6) is 2.53. The van der Waals surface area contributed by atoms with Crippen LogP contribution in [0.2, 0.25) is 0 Å². The van der Waals surface area contributed by atoms with E-state index in [0.29, 0.717) is 0 Å². The quantitative estimate of drug-likeness (QED) is 0.508. The smallest absolute Gasteiger partial charge is 0.137 e. The van der Waals surface area contributed by atoms with Crippen molar-refractivity contribution in [2.75, 3.05) is 0 Å². The lowest BCUT2D eigenvalue weighted by Crippen LogP contribution is -2.08. The third kappa shape index (κ3) is 2.68. The molecule has 0 saturated heterocycles. The van der Waals surface area contributed by atoms with Crippen molar-refractivity contribution < 1.29 is 4.52 Å². The molecule has 3 aromatic rings. The molecule has 120 valence electrons. The van der Waals surface area contributed by atoms with Gasteiger partial charge in [0.2, 0.25) is 0 Å². The van der Waals surface area contributed by atoms with E-state index in [9.17, 15) is 0 Å². The molecule has 0 radical (unpaired) electrons. The van der Waals surface area contributed by atoms with E-state index >= 15 is 0 Å². The fourth-order valence-corrected chi connectivity index (χ4v) is 5.80. The number of aromatic nitrogens is 3. The van der Waals surface area contributed by atoms with Gasteiger partial charge in [0.15, 0.2) is 0 Å². The summed E-state index contributed by atoms with van der Waals surface area (Å²) in [6, 6.07) is 0. The van der Waals surface area contributed by atoms with E-state index in [4.69, 9.17) is 4.52 Å². The monoisotopic (exact) mass is 345 g/mol. The summed E-state index contributed by atoms with van der Waals surface area (Å²) in [5, 5.41) is 6.43. The van der Waals surface area contributed by atoms with E-state index in [1.165, 1.54) is 34.2 Å². The van der Waals surface area contributed by atoms with Gasteiger partial charge in [0, 0.05) is 21.6 Å². The lowest BCUT2D eigenvalue weighted by Gasteiger charge is -2.18. The molecule has 0 spiro atoms. The molecule has 0 bridgehead atoms. The first-order chi connectivity index (χ1) is 11.1. The molecule has 0 unspecified atom stereocenters. The highest BCUT2D eigenvalue weighted by molar-refractivity contribution is 7.98. The van der Waals surface area contributed by atoms with E-state index in [1.807, 2.05) is 25.2 Å². The van der Waals surface area contributed by atoms with Gasteiger partial charge in [0.1, 0.15) is 21.9 Å². The lowest BCUT2D eigenvalue weighted by atomic mass is 9.89. The highest BCUT2D eigenvalue weighted by atomic mass is 32.2. The molecular formula is C17H19N3OS2. The Morgan fingerprint density at radius 3 is 3.00 bits per heavy atom. The average Bonchev–Trinajstić information content (AvgIpc) is 3.05. The van der Waals surface area contributed by atoms with Gasteiger partial charge in [-0.15, -0.1) is 23.1 Å². The topological polar surface area (TPSA) is 51.8 Å². The summed E-state index contributed by atoms with van der Waals surface area (Å²) < 4.78 is 5.26. The van der Waals surface area contributed by atoms with Crippen molar-refractivity contribution in [3.8, 4) is 0 Å². The largest absolute Gasteiger partial charge is 0.361 e. The van der Waals surface area contributed by atoms with Gasteiger partial charge in [-0.25, -0.2) is 9.97 Å². The van der Waals surface area contributed by atoms with Gasteiger partial charge in [-0.3, -0.25) is 0 Å². The van der Waals surface area contributed by atoms with Crippen LogP contribution >= 0.6 is 23.1 Å². The Labute approximate surface area is 143 Å². The van der Waals surface area contributed by atoms with Crippen LogP contribution in [0, 0.1) is 19.8 Å². The molecule has 4 rings (SSSR count). The van der Waals surface area contributed by atoms with Crippen LogP contribution < -0.4 is 0 Å². The number of hydrogen-bond acceptors (Lipinski definition) is 6. The molecule has 0 N–H and O–H groups in total. The molecule has 1 aliphatic rings. The average molecular weight is 345 g/mol. The maximum Gasteiger partial charge on any atom is 0.137 e. The number of fused-ring (bicyclic) bond motifs is 3. The molecule has 0 saturated carbocycles. The minimum Gasteiger partial charge on any atom is -0.361 e. The highest BCUT2D eigenvalue weighted by Gasteiger charge is 2.23. The Hall–Kier alpha value is -1.40. The molecule has 23 heavy (non-hydrogen) atoms. The second kappa shape index (κ2) is 5.91. The molecular weight excluding hydrogens is 326 g/mol. The molecule has 3 aromatic heterocycles. The van der Waals surface area contributed by atoms with Crippen molar-refractivity contribution in [3.63, 3.8) is 0 Å². The van der Waals surface area contributed by atoms with Gasteiger partial charge in [-0.05, 0) is 44.6 Å². The second-order valence-electron chi connectivity index (χ2n) is 6.30. The van der Waals surface area contributed by atoms with Gasteiger partial charge in [0.25, 0.3) is 0 Å². The Kier molecular flexibility index (Phi) is 3.89. The number of rotatable bonds is 3. The number of aryl methyl sites for hydroxylation is 3. The first-order valence-corrected chi connectivity index (χ1v) is 9.73. The fourth-order valence-electron chi connectivity index (χ4n) is 3.20. The Morgan fingerprint density at radius 2 is 2.22 bits per heavy atom. The van der Waals surface area contributed by atoms with Gasteiger partial charge < -0.3 is 4.52 Å². The van der Waals surface area contributed by atoms with E-state index in [2.05, 4.69) is 22.0 Å². The van der Waals surface area contributed by atoms with Crippen LogP contribution in [0.3, 0.4) is 0 Å². The zero-order chi connectivity index (χ0) is 16.0. The van der Waals surface area contributed by atoms with Gasteiger partial charge in [-0.2, -0.15) is 0 Å². The molecule has 3 heterocycles. The number of hydrogen-bond donors (Lipinski definition) is 0. The van der Waals surface area contributed by atoms with Gasteiger partial charge in [0.05, 0.1) is 5.69 Å². The number of nitrogens with zero attached hydrogens (tertiary/aromatic N) is 3. The van der Waals surface area contributed by atoms with Crippen LogP contribution in [-0.2, 0) is 18.6 Å². The minimum atomic E-state index is 0.780. The zero-order valence-corrected chi connectivity index (χ0v) is 15.2. The molecule has 0 aliphatic heterocycles. The molecule has 6 heteroatoms. The first kappa shape index (κ1) is 15.1. The third-order valence-electron chi connectivity index (χ3n) is 4.59. The fraction of sp³-hybridized carbons (Fsp3) is 0.471. The van der Waals surface area contributed by atoms with Crippen LogP contribution in [0.5, 0.6) is 0 Å². The Balaban J connectivity index is 1.70. The second-order valence-corrected chi connectivity index (χ2v) is 8.35. The van der Waals surface area contributed by atoms with E-state index < -0.39 is 0 Å². The van der Waals surface area contributed by atoms with E-state index in [1.54, 1.807) is 18.1 Å². The van der Waals surface area contributed by atoms with Crippen molar-refractivity contribution in [3.05, 3.63) is 33.8 Å². The van der Waals surface area contributed by atoms with Crippen molar-refractivity contribution >= 4 is 33.3 Å². The summed E-state index contributed by atoms with van der Waals surface area (Å²) in [5.41, 5.74) is 3.64. The zero-order valence-electron chi connectivity index (χ0n) is 13.5. The molecule has 0 amide bonds. The molecule has 1 aliphatic carbocycles.